The second-order valence-electron chi connectivity index (χ2n) is 24.4. The molecular weight excluding hydrogens is 1570 g/mol. The number of Topliss-reactive ketones (excluding diaryl/α,β-unsaturated/α-hetero) is 1. The summed E-state index contributed by atoms with van der Waals surface area (Å²) in [5.41, 5.74) is 5.18. The van der Waals surface area contributed by atoms with Crippen molar-refractivity contribution in [2.24, 2.45) is 0 Å². The monoisotopic (exact) mass is 1670 g/mol. The smallest absolute Gasteiger partial charge is 0.321 e. The van der Waals surface area contributed by atoms with Gasteiger partial charge in [0.15, 0.2) is 0 Å². The molecular formula is C66H102N10O24S8. The lowest BCUT2D eigenvalue weighted by Gasteiger charge is -2.33. The molecule has 108 heavy (non-hydrogen) atoms. The standard InChI is InChI=1S/C14H20N2O2S.C13H20N2O2S.C9H11NO3S.C8H9NO3S.C7H13NO6S.C6H11NO3S.C6H11NO2S.C3H7NO3S/c1-19(17,18)16-12-10-15(11-13-16)9-5-8-14-6-3-2-4-7-14;1-12-3-5-13(6-4-12)11-14-7-9-15(10-8-14)18(2,16)17;1-10(14(2,12)13)9(11)8-6-4-3-5-7-8;1-13(11,12)9(7-10)8-5-3-2-4-6-8;1-13-6(9)4-8(15(3,11)12)5-7(10)14-2;1-11(9,10)7-4-2-6(8)3-5-7;1-6-4-3-5-7(6)10(2,8)9;1-4(3-5)8(2,6)7/h2-8H,9-13H2,1H3;3-6H,7-11H2,1-2H3;3-7H,1-2H3;2-7H,1H3;4-5H2,1-3H3;2-5H2,1H3;1,3-5H2,2H3;3H,1-2H3/b8-5+;;;;;;;. The molecule has 0 bridgehead atoms. The van der Waals surface area contributed by atoms with E-state index in [-0.39, 0.29) is 18.6 Å². The van der Waals surface area contributed by atoms with Crippen molar-refractivity contribution >= 4 is 128 Å². The van der Waals surface area contributed by atoms with E-state index in [1.807, 2.05) is 18.2 Å². The number of methoxy groups -OCH3 is 2. The number of nitrogens with zero attached hydrogens (tertiary/aromatic N) is 10. The average molecular weight is 1680 g/mol. The van der Waals surface area contributed by atoms with Gasteiger partial charge in [0.05, 0.1) is 70.0 Å². The number of piperidine rings is 1. The summed E-state index contributed by atoms with van der Waals surface area (Å²) in [7, 11) is -21.4. The van der Waals surface area contributed by atoms with Crippen molar-refractivity contribution in [2.75, 3.05) is 174 Å². The lowest BCUT2D eigenvalue weighted by molar-refractivity contribution is -0.143. The highest BCUT2D eigenvalue weighted by Gasteiger charge is 2.28. The summed E-state index contributed by atoms with van der Waals surface area (Å²) in [5, 5.41) is 0. The van der Waals surface area contributed by atoms with Gasteiger partial charge in [-0.1, -0.05) is 115 Å². The molecule has 608 valence electrons. The van der Waals surface area contributed by atoms with Crippen LogP contribution in [0.25, 0.3) is 6.08 Å². The van der Waals surface area contributed by atoms with Gasteiger partial charge in [-0.2, -0.15) is 12.9 Å². The number of carbonyl (C=O) groups is 6. The molecule has 4 aromatic carbocycles. The van der Waals surface area contributed by atoms with E-state index in [0.717, 1.165) is 101 Å². The highest BCUT2D eigenvalue weighted by Crippen LogP contribution is 2.22. The van der Waals surface area contributed by atoms with Gasteiger partial charge in [0.2, 0.25) is 93.0 Å². The molecule has 0 aliphatic carbocycles. The van der Waals surface area contributed by atoms with E-state index in [9.17, 15) is 96.1 Å². The van der Waals surface area contributed by atoms with Crippen LogP contribution in [0.15, 0.2) is 134 Å². The van der Waals surface area contributed by atoms with E-state index in [1.54, 1.807) is 69.3 Å². The number of piperazine rings is 2. The van der Waals surface area contributed by atoms with Gasteiger partial charge in [0.25, 0.3) is 5.91 Å². The first-order chi connectivity index (χ1) is 49.8. The maximum Gasteiger partial charge on any atom is 0.321 e. The molecule has 4 fully saturated rings. The summed E-state index contributed by atoms with van der Waals surface area (Å²) in [6.07, 6.45) is 16.0. The number of allylic oxidation sites excluding steroid dienone is 1. The highest BCUT2D eigenvalue weighted by atomic mass is 32.2. The van der Waals surface area contributed by atoms with Crippen molar-refractivity contribution in [2.45, 2.75) is 39.2 Å². The first kappa shape index (κ1) is 98.5. The van der Waals surface area contributed by atoms with Crippen LogP contribution < -0.4 is 4.31 Å². The van der Waals surface area contributed by atoms with Gasteiger partial charge in [-0.3, -0.25) is 42.9 Å². The molecule has 4 aliphatic heterocycles. The Balaban J connectivity index is 0.000000625. The van der Waals surface area contributed by atoms with Crippen molar-refractivity contribution in [1.82, 2.24) is 39.9 Å². The number of hydrogen-bond acceptors (Lipinski definition) is 26. The number of para-hydroxylation sites is 1. The Morgan fingerprint density at radius 1 is 0.481 bits per heavy atom. The molecule has 0 radical (unpaired) electrons. The number of benzene rings is 4. The van der Waals surface area contributed by atoms with Crippen molar-refractivity contribution in [3.05, 3.63) is 156 Å². The fourth-order valence-corrected chi connectivity index (χ4v) is 14.5. The second-order valence-corrected chi connectivity index (χ2v) is 40.1. The van der Waals surface area contributed by atoms with Gasteiger partial charge >= 0.3 is 11.9 Å². The van der Waals surface area contributed by atoms with Gasteiger partial charge in [0, 0.05) is 123 Å². The van der Waals surface area contributed by atoms with Crippen LogP contribution in [0.5, 0.6) is 0 Å². The Labute approximate surface area is 638 Å². The van der Waals surface area contributed by atoms with E-state index in [2.05, 4.69) is 81.3 Å². The number of aryl methyl sites for hydroxylation is 1. The molecule has 3 amide bonds. The number of ketones is 1. The third kappa shape index (κ3) is 40.3. The van der Waals surface area contributed by atoms with Crippen molar-refractivity contribution in [3.8, 4) is 0 Å². The summed E-state index contributed by atoms with van der Waals surface area (Å²) >= 11 is 0. The Kier molecular flexibility index (Phi) is 42.2. The lowest BCUT2D eigenvalue weighted by atomic mass is 10.1. The molecule has 4 aliphatic rings. The maximum absolute atomic E-state index is 11.5. The van der Waals surface area contributed by atoms with Crippen molar-refractivity contribution in [3.63, 3.8) is 0 Å². The quantitative estimate of drug-likeness (QED) is 0.0842. The van der Waals surface area contributed by atoms with Crippen LogP contribution >= 0.6 is 0 Å². The molecule has 8 rings (SSSR count). The largest absolute Gasteiger partial charge is 0.468 e. The van der Waals surface area contributed by atoms with Crippen molar-refractivity contribution in [1.29, 1.82) is 0 Å². The van der Waals surface area contributed by atoms with Crippen LogP contribution in [-0.2, 0) is 120 Å². The molecule has 0 unspecified atom stereocenters. The molecule has 0 spiro atoms. The maximum atomic E-state index is 11.5. The van der Waals surface area contributed by atoms with Gasteiger partial charge in [-0.25, -0.2) is 84.6 Å². The Hall–Kier alpha value is -7.46. The van der Waals surface area contributed by atoms with Crippen LogP contribution in [-0.4, -0.2) is 314 Å². The van der Waals surface area contributed by atoms with Gasteiger partial charge in [-0.05, 0) is 55.2 Å². The number of anilines is 1. The van der Waals surface area contributed by atoms with Crippen LogP contribution in [0, 0.1) is 6.92 Å². The van der Waals surface area contributed by atoms with Crippen LogP contribution in [0.3, 0.4) is 0 Å². The number of ether oxygens (including phenoxy) is 2. The molecule has 42 heteroatoms. The second kappa shape index (κ2) is 46.3. The first-order valence-electron chi connectivity index (χ1n) is 32.5. The molecule has 0 saturated carbocycles. The number of amides is 3. The molecule has 0 atom stereocenters. The van der Waals surface area contributed by atoms with E-state index < -0.39 is 111 Å². The fourth-order valence-electron chi connectivity index (χ4n) is 9.10. The summed E-state index contributed by atoms with van der Waals surface area (Å²) in [6, 6.07) is 35.1. The summed E-state index contributed by atoms with van der Waals surface area (Å²) < 4.78 is 193. The van der Waals surface area contributed by atoms with Crippen LogP contribution in [0.1, 0.15) is 52.7 Å². The van der Waals surface area contributed by atoms with E-state index in [4.69, 9.17) is 0 Å². The van der Waals surface area contributed by atoms with E-state index in [1.165, 1.54) is 64.4 Å². The van der Waals surface area contributed by atoms with E-state index in [0.29, 0.717) is 82.8 Å². The van der Waals surface area contributed by atoms with Gasteiger partial charge in [0.1, 0.15) is 18.9 Å². The third-order valence-corrected chi connectivity index (χ3v) is 25.1. The molecule has 4 heterocycles. The molecule has 34 nitrogen and oxygen atoms in total. The molecule has 0 N–H and O–H groups in total. The average Bonchev–Trinajstić information content (AvgIpc) is 1.76. The third-order valence-electron chi connectivity index (χ3n) is 15.4. The SMILES string of the molecule is C=C1CCCN1S(C)(=O)=O.CN(C(=O)c1ccccc1)S(C)(=O)=O.CN(C=O)S(C)(=O)=O.COC(=O)CN(CC(=O)OC)S(C)(=O)=O.CS(=O)(=O)N(C=O)c1ccccc1.CS(=O)(=O)N1CCC(=O)CC1.CS(=O)(=O)N1CCN(C/C=C/c2ccccc2)CC1.Cc1ccc(CN2CCN(S(C)(=O)=O)CC2)cc1. The zero-order valence-corrected chi connectivity index (χ0v) is 69.5. The molecule has 0 aromatic heterocycles. The number of sulfonamides is 8. The number of rotatable bonds is 21. The molecule has 4 aromatic rings. The summed E-state index contributed by atoms with van der Waals surface area (Å²) in [5.74, 6) is -1.85. The Morgan fingerprint density at radius 2 is 0.898 bits per heavy atom. The first-order valence-corrected chi connectivity index (χ1v) is 47.3. The van der Waals surface area contributed by atoms with Gasteiger partial charge in [-0.15, -0.1) is 0 Å². The predicted molar refractivity (Wildman–Crippen MR) is 414 cm³/mol. The van der Waals surface area contributed by atoms with E-state index >= 15 is 0 Å². The fraction of sp³-hybridized carbons (Fsp3) is 0.485. The Bertz CT molecular complexity index is 4510. The summed E-state index contributed by atoms with van der Waals surface area (Å²) in [6.45, 7) is 13.4. The minimum Gasteiger partial charge on any atom is -0.468 e. The number of carbonyl (C=O) groups excluding carboxylic acids is 6. The summed E-state index contributed by atoms with van der Waals surface area (Å²) in [4.78, 5) is 68.7. The van der Waals surface area contributed by atoms with Crippen LogP contribution in [0.4, 0.5) is 5.69 Å². The zero-order chi connectivity index (χ0) is 82.7. The van der Waals surface area contributed by atoms with Crippen molar-refractivity contribution < 1.29 is 106 Å². The topological polar surface area (TPSA) is 426 Å². The normalized spacial score (nSPS) is 15.7. The minimum atomic E-state index is -3.64. The van der Waals surface area contributed by atoms with Crippen LogP contribution in [0.2, 0.25) is 0 Å². The minimum absolute atomic E-state index is 0.157. The number of esters is 2. The highest BCUT2D eigenvalue weighted by molar-refractivity contribution is 7.92. The van der Waals surface area contributed by atoms with Gasteiger partial charge < -0.3 is 9.47 Å². The zero-order valence-electron chi connectivity index (χ0n) is 63.0. The number of hydrogen-bond donors (Lipinski definition) is 0. The Morgan fingerprint density at radius 3 is 1.23 bits per heavy atom. The lowest BCUT2D eigenvalue weighted by Crippen LogP contribution is -2.48. The predicted octanol–water partition coefficient (Wildman–Crippen LogP) is 1.47. The molecule has 4 saturated heterocycles.